The van der Waals surface area contributed by atoms with Crippen LogP contribution in [0.3, 0.4) is 0 Å². The Morgan fingerprint density at radius 3 is 2.67 bits per heavy atom. The molecule has 0 aromatic carbocycles. The van der Waals surface area contributed by atoms with Crippen molar-refractivity contribution in [2.24, 2.45) is 0 Å². The molecule has 0 radical (unpaired) electrons. The third-order valence-corrected chi connectivity index (χ3v) is 2.01. The van der Waals surface area contributed by atoms with E-state index in [9.17, 15) is 18.0 Å². The van der Waals surface area contributed by atoms with E-state index in [1.165, 1.54) is 0 Å². The topological polar surface area (TPSA) is 50.2 Å². The third kappa shape index (κ3) is 2.82. The molecule has 1 N–H and O–H groups in total. The first-order valence-corrected chi connectivity index (χ1v) is 4.14. The highest BCUT2D eigenvalue weighted by atomic mass is 35.5. The fourth-order valence-electron chi connectivity index (χ4n) is 1.00. The lowest BCUT2D eigenvalue weighted by Gasteiger charge is -2.06. The molecule has 1 rings (SSSR count). The molecule has 82 valence electrons. The Morgan fingerprint density at radius 2 is 2.20 bits per heavy atom. The Morgan fingerprint density at radius 1 is 1.60 bits per heavy atom. The predicted octanol–water partition coefficient (Wildman–Crippen LogP) is 2.44. The first kappa shape index (κ1) is 11.8. The van der Waals surface area contributed by atoms with E-state index in [4.69, 9.17) is 16.7 Å². The zero-order chi connectivity index (χ0) is 11.6. The fourth-order valence-corrected chi connectivity index (χ4v) is 1.25. The summed E-state index contributed by atoms with van der Waals surface area (Å²) in [7, 11) is 0. The fraction of sp³-hybridized carbons (Fsp3) is 0.250. The minimum Gasteiger partial charge on any atom is -0.481 e. The number of aromatic nitrogens is 1. The molecule has 0 aliphatic carbocycles. The number of carboxylic acids is 1. The number of pyridine rings is 1. The van der Waals surface area contributed by atoms with Crippen LogP contribution < -0.4 is 0 Å². The average Bonchev–Trinajstić information content (AvgIpc) is 2.09. The van der Waals surface area contributed by atoms with Crippen LogP contribution in [0.4, 0.5) is 13.2 Å². The molecule has 0 saturated carbocycles. The zero-order valence-corrected chi connectivity index (χ0v) is 7.93. The van der Waals surface area contributed by atoms with Crippen molar-refractivity contribution in [3.63, 3.8) is 0 Å². The smallest absolute Gasteiger partial charge is 0.307 e. The second-order valence-electron chi connectivity index (χ2n) is 2.67. The van der Waals surface area contributed by atoms with Crippen LogP contribution in [0, 0.1) is 5.95 Å². The summed E-state index contributed by atoms with van der Waals surface area (Å²) in [5.74, 6) is -2.46. The van der Waals surface area contributed by atoms with E-state index in [-0.39, 0.29) is 5.56 Å². The number of alkyl halides is 2. The second kappa shape index (κ2) is 4.48. The maximum Gasteiger partial charge on any atom is 0.307 e. The molecular formula is C8H5ClF3NO2. The van der Waals surface area contributed by atoms with Crippen molar-refractivity contribution < 1.29 is 23.1 Å². The number of nitrogens with zero attached hydrogens (tertiary/aromatic N) is 1. The number of rotatable bonds is 3. The van der Waals surface area contributed by atoms with Crippen LogP contribution >= 0.6 is 11.6 Å². The van der Waals surface area contributed by atoms with Gasteiger partial charge in [-0.3, -0.25) is 4.79 Å². The predicted molar refractivity (Wildman–Crippen MR) is 45.5 cm³/mol. The Labute approximate surface area is 87.5 Å². The standard InChI is InChI=1S/C8H5ClF3NO2/c9-6-3(2-5(14)15)1-4(10)13-7(6)8(11)12/h1,8H,2H2,(H,14,15). The van der Waals surface area contributed by atoms with Gasteiger partial charge >= 0.3 is 5.97 Å². The second-order valence-corrected chi connectivity index (χ2v) is 3.05. The molecule has 0 saturated heterocycles. The number of hydrogen-bond donors (Lipinski definition) is 1. The highest BCUT2D eigenvalue weighted by Crippen LogP contribution is 2.28. The van der Waals surface area contributed by atoms with Gasteiger partial charge in [-0.15, -0.1) is 0 Å². The normalized spacial score (nSPS) is 10.7. The van der Waals surface area contributed by atoms with Gasteiger partial charge in [-0.05, 0) is 11.6 Å². The van der Waals surface area contributed by atoms with Gasteiger partial charge in [0.05, 0.1) is 11.4 Å². The maximum atomic E-state index is 12.7. The van der Waals surface area contributed by atoms with Crippen LogP contribution in [-0.2, 0) is 11.2 Å². The lowest BCUT2D eigenvalue weighted by atomic mass is 10.1. The Balaban J connectivity index is 3.21. The number of halogens is 4. The van der Waals surface area contributed by atoms with Gasteiger partial charge in [-0.1, -0.05) is 11.6 Å². The summed E-state index contributed by atoms with van der Waals surface area (Å²) in [6.07, 6.45) is -3.67. The van der Waals surface area contributed by atoms with E-state index < -0.39 is 35.5 Å². The number of carbonyl (C=O) groups is 1. The lowest BCUT2D eigenvalue weighted by molar-refractivity contribution is -0.136. The van der Waals surface area contributed by atoms with Crippen LogP contribution in [0.15, 0.2) is 6.07 Å². The summed E-state index contributed by atoms with van der Waals surface area (Å²) in [6, 6.07) is 0.725. The molecule has 0 fully saturated rings. The molecule has 0 atom stereocenters. The molecule has 0 amide bonds. The monoisotopic (exact) mass is 239 g/mol. The van der Waals surface area contributed by atoms with E-state index in [2.05, 4.69) is 4.98 Å². The van der Waals surface area contributed by atoms with E-state index in [0.29, 0.717) is 0 Å². The number of hydrogen-bond acceptors (Lipinski definition) is 2. The van der Waals surface area contributed by atoms with Crippen molar-refractivity contribution in [3.05, 3.63) is 28.3 Å². The van der Waals surface area contributed by atoms with Crippen molar-refractivity contribution in [2.75, 3.05) is 0 Å². The van der Waals surface area contributed by atoms with Gasteiger partial charge in [0.25, 0.3) is 6.43 Å². The van der Waals surface area contributed by atoms with Crippen LogP contribution in [-0.4, -0.2) is 16.1 Å². The van der Waals surface area contributed by atoms with Crippen LogP contribution in [0.5, 0.6) is 0 Å². The van der Waals surface area contributed by atoms with Crippen molar-refractivity contribution in [2.45, 2.75) is 12.8 Å². The summed E-state index contributed by atoms with van der Waals surface area (Å²) in [5.41, 5.74) is -1.15. The van der Waals surface area contributed by atoms with E-state index in [0.717, 1.165) is 6.07 Å². The Hall–Kier alpha value is -1.30. The first-order chi connectivity index (χ1) is 6.91. The molecular weight excluding hydrogens is 235 g/mol. The Bertz CT molecular complexity index is 398. The molecule has 1 aromatic rings. The molecule has 1 heterocycles. The molecule has 15 heavy (non-hydrogen) atoms. The van der Waals surface area contributed by atoms with Crippen molar-refractivity contribution in [3.8, 4) is 0 Å². The Kier molecular flexibility index (Phi) is 3.52. The number of aliphatic carboxylic acids is 1. The maximum absolute atomic E-state index is 12.7. The molecule has 0 unspecified atom stereocenters. The zero-order valence-electron chi connectivity index (χ0n) is 7.18. The van der Waals surface area contributed by atoms with Gasteiger partial charge in [-0.2, -0.15) is 4.39 Å². The van der Waals surface area contributed by atoms with Crippen molar-refractivity contribution in [1.82, 2.24) is 4.98 Å². The van der Waals surface area contributed by atoms with Crippen molar-refractivity contribution in [1.29, 1.82) is 0 Å². The molecule has 3 nitrogen and oxygen atoms in total. The van der Waals surface area contributed by atoms with Gasteiger partial charge in [0, 0.05) is 0 Å². The molecule has 0 aliphatic rings. The van der Waals surface area contributed by atoms with E-state index in [1.54, 1.807) is 0 Å². The highest BCUT2D eigenvalue weighted by Gasteiger charge is 2.19. The minimum atomic E-state index is -3.04. The third-order valence-electron chi connectivity index (χ3n) is 1.58. The molecule has 0 aliphatic heterocycles. The summed E-state index contributed by atoms with van der Waals surface area (Å²) in [6.45, 7) is 0. The summed E-state index contributed by atoms with van der Waals surface area (Å²) < 4.78 is 37.3. The number of carboxylic acid groups (broad SMARTS) is 1. The highest BCUT2D eigenvalue weighted by molar-refractivity contribution is 6.32. The molecule has 0 bridgehead atoms. The van der Waals surface area contributed by atoms with Gasteiger partial charge in [0.15, 0.2) is 0 Å². The van der Waals surface area contributed by atoms with E-state index in [1.807, 2.05) is 0 Å². The summed E-state index contributed by atoms with van der Waals surface area (Å²) in [4.78, 5) is 13.2. The van der Waals surface area contributed by atoms with Gasteiger partial charge in [0.1, 0.15) is 5.69 Å². The lowest BCUT2D eigenvalue weighted by Crippen LogP contribution is -2.05. The van der Waals surface area contributed by atoms with Crippen LogP contribution in [0.2, 0.25) is 5.02 Å². The quantitative estimate of drug-likeness (QED) is 0.824. The average molecular weight is 240 g/mol. The first-order valence-electron chi connectivity index (χ1n) is 3.76. The summed E-state index contributed by atoms with van der Waals surface area (Å²) in [5, 5.41) is 7.92. The van der Waals surface area contributed by atoms with E-state index >= 15 is 0 Å². The molecule has 0 spiro atoms. The molecule has 1 aromatic heterocycles. The van der Waals surface area contributed by atoms with Crippen LogP contribution in [0.25, 0.3) is 0 Å². The van der Waals surface area contributed by atoms with Gasteiger partial charge < -0.3 is 5.11 Å². The molecule has 7 heteroatoms. The minimum absolute atomic E-state index is 0.216. The van der Waals surface area contributed by atoms with Gasteiger partial charge in [-0.25, -0.2) is 13.8 Å². The van der Waals surface area contributed by atoms with Gasteiger partial charge in [0.2, 0.25) is 5.95 Å². The SMILES string of the molecule is O=C(O)Cc1cc(F)nc(C(F)F)c1Cl. The summed E-state index contributed by atoms with van der Waals surface area (Å²) >= 11 is 5.45. The van der Waals surface area contributed by atoms with Crippen molar-refractivity contribution >= 4 is 17.6 Å². The largest absolute Gasteiger partial charge is 0.481 e. The van der Waals surface area contributed by atoms with Crippen LogP contribution in [0.1, 0.15) is 17.7 Å².